The Kier molecular flexibility index (Phi) is 3.65. The first-order valence-electron chi connectivity index (χ1n) is 7.17. The summed E-state index contributed by atoms with van der Waals surface area (Å²) in [5.74, 6) is -0.242. The summed E-state index contributed by atoms with van der Waals surface area (Å²) in [7, 11) is 1.79. The van der Waals surface area contributed by atoms with E-state index in [1.807, 2.05) is 6.92 Å². The van der Waals surface area contributed by atoms with Crippen LogP contribution in [-0.2, 0) is 7.05 Å². The van der Waals surface area contributed by atoms with Gasteiger partial charge < -0.3 is 5.32 Å². The van der Waals surface area contributed by atoms with Gasteiger partial charge in [0.2, 0.25) is 0 Å². The number of amides is 1. The highest BCUT2D eigenvalue weighted by Crippen LogP contribution is 2.19. The highest BCUT2D eigenvalue weighted by atomic mass is 16.1. The Bertz CT molecular complexity index is 910. The number of carbonyl (C=O) groups excluding carboxylic acids is 2. The fourth-order valence-electron chi connectivity index (χ4n) is 2.41. The van der Waals surface area contributed by atoms with Crippen LogP contribution in [0.4, 0.5) is 5.69 Å². The summed E-state index contributed by atoms with van der Waals surface area (Å²) < 4.78 is 1.64. The molecule has 0 fully saturated rings. The number of hydrogen-bond donors (Lipinski definition) is 1. The number of benzene rings is 1. The molecule has 1 amide bonds. The third-order valence-electron chi connectivity index (χ3n) is 3.63. The molecule has 1 aromatic carbocycles. The van der Waals surface area contributed by atoms with Crippen LogP contribution in [0.2, 0.25) is 0 Å². The van der Waals surface area contributed by atoms with Crippen molar-refractivity contribution in [3.05, 3.63) is 53.3 Å². The maximum Gasteiger partial charge on any atom is 0.256 e. The number of pyridine rings is 1. The average Bonchev–Trinajstić information content (AvgIpc) is 2.88. The van der Waals surface area contributed by atoms with Gasteiger partial charge in [-0.2, -0.15) is 5.10 Å². The van der Waals surface area contributed by atoms with Crippen LogP contribution in [0.3, 0.4) is 0 Å². The fourth-order valence-corrected chi connectivity index (χ4v) is 2.41. The predicted octanol–water partition coefficient (Wildman–Crippen LogP) is 2.73. The van der Waals surface area contributed by atoms with Gasteiger partial charge in [0.25, 0.3) is 5.91 Å². The topological polar surface area (TPSA) is 76.9 Å². The molecule has 2 heterocycles. The van der Waals surface area contributed by atoms with E-state index in [9.17, 15) is 9.59 Å². The van der Waals surface area contributed by atoms with Crippen LogP contribution in [0.5, 0.6) is 0 Å². The minimum Gasteiger partial charge on any atom is -0.322 e. The van der Waals surface area contributed by atoms with Gasteiger partial charge in [0.05, 0.1) is 17.1 Å². The summed E-state index contributed by atoms with van der Waals surface area (Å²) >= 11 is 0. The van der Waals surface area contributed by atoms with Crippen molar-refractivity contribution in [2.75, 3.05) is 5.32 Å². The van der Waals surface area contributed by atoms with Crippen LogP contribution in [0.25, 0.3) is 11.0 Å². The van der Waals surface area contributed by atoms with Crippen molar-refractivity contribution in [2.24, 2.45) is 7.05 Å². The van der Waals surface area contributed by atoms with E-state index in [4.69, 9.17) is 0 Å². The van der Waals surface area contributed by atoms with Crippen LogP contribution in [0, 0.1) is 6.92 Å². The maximum absolute atomic E-state index is 12.6. The molecule has 2 aromatic heterocycles. The number of fused-ring (bicyclic) bond motifs is 1. The lowest BCUT2D eigenvalue weighted by atomic mass is 10.1. The molecule has 3 rings (SSSR count). The number of aromatic nitrogens is 3. The molecular formula is C17H16N4O2. The SMILES string of the molecule is CC(=O)c1ccc(NC(=O)c2cc(C)nc3c2cnn3C)cc1. The lowest BCUT2D eigenvalue weighted by Gasteiger charge is -2.08. The summed E-state index contributed by atoms with van der Waals surface area (Å²) in [6.45, 7) is 3.34. The number of carbonyl (C=O) groups is 2. The molecule has 0 aliphatic carbocycles. The van der Waals surface area contributed by atoms with E-state index in [2.05, 4.69) is 15.4 Å². The quantitative estimate of drug-likeness (QED) is 0.755. The minimum atomic E-state index is -0.232. The molecule has 0 atom stereocenters. The maximum atomic E-state index is 12.6. The number of nitrogens with zero attached hydrogens (tertiary/aromatic N) is 3. The molecular weight excluding hydrogens is 292 g/mol. The fraction of sp³-hybridized carbons (Fsp3) is 0.176. The number of ketones is 1. The molecule has 0 saturated carbocycles. The van der Waals surface area contributed by atoms with Crippen LogP contribution in [-0.4, -0.2) is 26.5 Å². The van der Waals surface area contributed by atoms with E-state index < -0.39 is 0 Å². The van der Waals surface area contributed by atoms with Gasteiger partial charge in [-0.25, -0.2) is 4.98 Å². The number of rotatable bonds is 3. The molecule has 3 aromatic rings. The van der Waals surface area contributed by atoms with E-state index in [1.54, 1.807) is 48.3 Å². The van der Waals surface area contributed by atoms with Gasteiger partial charge in [0, 0.05) is 24.0 Å². The first kappa shape index (κ1) is 14.9. The number of aryl methyl sites for hydroxylation is 2. The molecule has 0 bridgehead atoms. The summed E-state index contributed by atoms with van der Waals surface area (Å²) in [5.41, 5.74) is 3.18. The highest BCUT2D eigenvalue weighted by molar-refractivity contribution is 6.12. The van der Waals surface area contributed by atoms with Gasteiger partial charge in [-0.3, -0.25) is 14.3 Å². The van der Waals surface area contributed by atoms with Crippen molar-refractivity contribution in [3.63, 3.8) is 0 Å². The second-order valence-corrected chi connectivity index (χ2v) is 5.40. The van der Waals surface area contributed by atoms with Gasteiger partial charge in [-0.15, -0.1) is 0 Å². The summed E-state index contributed by atoms with van der Waals surface area (Å²) in [6, 6.07) is 8.54. The zero-order valence-corrected chi connectivity index (χ0v) is 13.1. The minimum absolute atomic E-state index is 0.00953. The Morgan fingerprint density at radius 1 is 1.17 bits per heavy atom. The lowest BCUT2D eigenvalue weighted by Crippen LogP contribution is -2.13. The van der Waals surface area contributed by atoms with Crippen LogP contribution in [0.1, 0.15) is 33.3 Å². The Morgan fingerprint density at radius 2 is 1.87 bits per heavy atom. The highest BCUT2D eigenvalue weighted by Gasteiger charge is 2.15. The molecule has 6 nitrogen and oxygen atoms in total. The van der Waals surface area contributed by atoms with Crippen molar-refractivity contribution in [2.45, 2.75) is 13.8 Å². The van der Waals surface area contributed by atoms with Crippen molar-refractivity contribution < 1.29 is 9.59 Å². The van der Waals surface area contributed by atoms with Gasteiger partial charge in [0.15, 0.2) is 11.4 Å². The second kappa shape index (κ2) is 5.64. The van der Waals surface area contributed by atoms with E-state index in [1.165, 1.54) is 6.92 Å². The zero-order valence-electron chi connectivity index (χ0n) is 13.1. The lowest BCUT2D eigenvalue weighted by molar-refractivity contribution is 0.101. The number of nitrogens with one attached hydrogen (secondary N) is 1. The molecule has 0 unspecified atom stereocenters. The second-order valence-electron chi connectivity index (χ2n) is 5.40. The van der Waals surface area contributed by atoms with E-state index in [-0.39, 0.29) is 11.7 Å². The first-order chi connectivity index (χ1) is 11.0. The molecule has 116 valence electrons. The summed E-state index contributed by atoms with van der Waals surface area (Å²) in [6.07, 6.45) is 1.63. The van der Waals surface area contributed by atoms with Crippen LogP contribution in [0.15, 0.2) is 36.5 Å². The molecule has 1 N–H and O–H groups in total. The van der Waals surface area contributed by atoms with Gasteiger partial charge in [-0.1, -0.05) is 0 Å². The number of Topliss-reactive ketones (excluding diaryl/α,β-unsaturated/α-hetero) is 1. The Labute approximate surface area is 133 Å². The standard InChI is InChI=1S/C17H16N4O2/c1-10-8-14(15-9-18-21(3)16(15)19-10)17(23)20-13-6-4-12(5-7-13)11(2)22/h4-9H,1-3H3,(H,20,23). The Balaban J connectivity index is 1.93. The Hall–Kier alpha value is -3.02. The molecule has 0 spiro atoms. The first-order valence-corrected chi connectivity index (χ1v) is 7.17. The van der Waals surface area contributed by atoms with Crippen molar-refractivity contribution >= 4 is 28.4 Å². The van der Waals surface area contributed by atoms with E-state index in [0.29, 0.717) is 27.8 Å². The van der Waals surface area contributed by atoms with Gasteiger partial charge in [-0.05, 0) is 44.2 Å². The van der Waals surface area contributed by atoms with Crippen LogP contribution >= 0.6 is 0 Å². The van der Waals surface area contributed by atoms with E-state index >= 15 is 0 Å². The smallest absolute Gasteiger partial charge is 0.256 e. The third-order valence-corrected chi connectivity index (χ3v) is 3.63. The van der Waals surface area contributed by atoms with Crippen molar-refractivity contribution in [1.82, 2.24) is 14.8 Å². The van der Waals surface area contributed by atoms with Crippen molar-refractivity contribution in [3.8, 4) is 0 Å². The molecule has 0 aliphatic heterocycles. The van der Waals surface area contributed by atoms with Gasteiger partial charge in [0.1, 0.15) is 0 Å². The Morgan fingerprint density at radius 3 is 2.52 bits per heavy atom. The van der Waals surface area contributed by atoms with Crippen LogP contribution < -0.4 is 5.32 Å². The molecule has 6 heteroatoms. The monoisotopic (exact) mass is 308 g/mol. The largest absolute Gasteiger partial charge is 0.322 e. The predicted molar refractivity (Wildman–Crippen MR) is 87.6 cm³/mol. The van der Waals surface area contributed by atoms with Crippen molar-refractivity contribution in [1.29, 1.82) is 0 Å². The summed E-state index contributed by atoms with van der Waals surface area (Å²) in [5, 5.41) is 7.70. The zero-order chi connectivity index (χ0) is 16.6. The molecule has 0 aliphatic rings. The normalized spacial score (nSPS) is 10.7. The van der Waals surface area contributed by atoms with Gasteiger partial charge >= 0.3 is 0 Å². The number of hydrogen-bond acceptors (Lipinski definition) is 4. The molecule has 23 heavy (non-hydrogen) atoms. The third kappa shape index (κ3) is 2.83. The summed E-state index contributed by atoms with van der Waals surface area (Å²) in [4.78, 5) is 28.2. The molecule has 0 radical (unpaired) electrons. The van der Waals surface area contributed by atoms with E-state index in [0.717, 1.165) is 5.69 Å². The number of anilines is 1. The average molecular weight is 308 g/mol. The molecule has 0 saturated heterocycles.